The molecule has 0 spiro atoms. The van der Waals surface area contributed by atoms with E-state index in [1.807, 2.05) is 6.07 Å². The van der Waals surface area contributed by atoms with E-state index < -0.39 is 0 Å². The SMILES string of the molecule is C1CCCC1.C1CCCC1.Cn1c(C2CCCC2)nc2ccccc21.[CH3-].[CH3-].[CH3-].[CH3-].[Fe+2].[Fe+2].[Fe].[Fe].c1ccc2[nH]c(C3CCCC3)nc2c1. The Labute approximate surface area is 331 Å². The molecule has 8 heteroatoms. The van der Waals surface area contributed by atoms with Crippen LogP contribution >= 0.6 is 0 Å². The number of benzene rings is 2. The molecule has 8 rings (SSSR count). The topological polar surface area (TPSA) is 46.5 Å². The van der Waals surface area contributed by atoms with E-state index in [0.717, 1.165) is 11.0 Å². The number of hydrogen-bond donors (Lipinski definition) is 1. The van der Waals surface area contributed by atoms with Crippen LogP contribution in [0.15, 0.2) is 48.5 Å². The van der Waals surface area contributed by atoms with Crippen molar-refractivity contribution in [3.63, 3.8) is 0 Å². The van der Waals surface area contributed by atoms with Crippen LogP contribution in [0.5, 0.6) is 0 Å². The predicted molar refractivity (Wildman–Crippen MR) is 191 cm³/mol. The molecule has 4 aliphatic carbocycles. The van der Waals surface area contributed by atoms with Gasteiger partial charge in [-0.1, -0.05) is 114 Å². The van der Waals surface area contributed by atoms with Crippen molar-refractivity contribution in [2.75, 3.05) is 0 Å². The minimum absolute atomic E-state index is 0. The standard InChI is InChI=1S/C13H16N2.C12H14N2.2C5H10.4CH3.4Fe/c1-15-12-9-5-4-8-11(12)14-13(15)10-6-2-3-7-10;1-2-6-9(5-1)12-13-10-7-3-4-8-11(10)14-12;2*1-2-4-5-3-1;;;;;;;;/h4-5,8-10H,2-3,6-7H2,1H3;3-4,7-9H,1-2,5-6H2,(H,13,14);2*1-5H2;4*1H3;;;;/q;;;;4*-1;;;2*+2. The number of hydrogen-bond acceptors (Lipinski definition) is 2. The number of imidazole rings is 2. The minimum atomic E-state index is 0. The van der Waals surface area contributed by atoms with E-state index in [1.165, 1.54) is 138 Å². The van der Waals surface area contributed by atoms with Crippen molar-refractivity contribution in [1.82, 2.24) is 19.5 Å². The normalized spacial score (nSPS) is 16.1. The zero-order chi connectivity index (χ0) is 26.7. The molecule has 4 aromatic rings. The second kappa shape index (κ2) is 29.2. The van der Waals surface area contributed by atoms with Crippen LogP contribution in [0.4, 0.5) is 0 Å². The molecule has 0 unspecified atom stereocenters. The van der Waals surface area contributed by atoms with Crippen molar-refractivity contribution in [3.8, 4) is 0 Å². The second-order valence-electron chi connectivity index (χ2n) is 12.2. The summed E-state index contributed by atoms with van der Waals surface area (Å²) in [5.74, 6) is 3.86. The summed E-state index contributed by atoms with van der Waals surface area (Å²) < 4.78 is 2.27. The van der Waals surface area contributed by atoms with Gasteiger partial charge < -0.3 is 39.3 Å². The van der Waals surface area contributed by atoms with E-state index in [4.69, 9.17) is 4.98 Å². The van der Waals surface area contributed by atoms with Crippen molar-refractivity contribution < 1.29 is 68.3 Å². The number of nitrogens with one attached hydrogen (secondary N) is 1. The van der Waals surface area contributed by atoms with Gasteiger partial charge in [-0.2, -0.15) is 0 Å². The number of aromatic nitrogens is 4. The average Bonchev–Trinajstić information content (AvgIpc) is 3.82. The average molecular weight is 810 g/mol. The maximum Gasteiger partial charge on any atom is 2.00 e. The monoisotopic (exact) mass is 810 g/mol. The first kappa shape index (κ1) is 53.3. The first-order chi connectivity index (χ1) is 19.3. The van der Waals surface area contributed by atoms with Crippen LogP contribution < -0.4 is 0 Å². The van der Waals surface area contributed by atoms with Gasteiger partial charge in [-0.3, -0.25) is 0 Å². The molecule has 4 nitrogen and oxygen atoms in total. The predicted octanol–water partition coefficient (Wildman–Crippen LogP) is 12.1. The van der Waals surface area contributed by atoms with Gasteiger partial charge in [-0.05, 0) is 49.9 Å². The van der Waals surface area contributed by atoms with Gasteiger partial charge in [-0.15, -0.1) is 0 Å². The van der Waals surface area contributed by atoms with Crippen molar-refractivity contribution in [2.24, 2.45) is 7.05 Å². The molecule has 2 aromatic carbocycles. The third-order valence-electron chi connectivity index (χ3n) is 9.19. The van der Waals surface area contributed by atoms with E-state index in [2.05, 4.69) is 64.0 Å². The molecule has 2 heterocycles. The summed E-state index contributed by atoms with van der Waals surface area (Å²) in [6.07, 6.45) is 25.7. The summed E-state index contributed by atoms with van der Waals surface area (Å²) in [7, 11) is 2.14. The van der Waals surface area contributed by atoms with Gasteiger partial charge in [-0.25, -0.2) is 9.97 Å². The maximum atomic E-state index is 4.76. The molecule has 4 fully saturated rings. The van der Waals surface area contributed by atoms with Crippen LogP contribution in [0.2, 0.25) is 0 Å². The molecular formula is C39H62Fe4N4. The van der Waals surface area contributed by atoms with Crippen molar-refractivity contribution >= 4 is 22.1 Å². The Morgan fingerprint density at radius 2 is 0.936 bits per heavy atom. The fourth-order valence-electron chi connectivity index (χ4n) is 6.85. The molecule has 0 bridgehead atoms. The number of rotatable bonds is 2. The number of fused-ring (bicyclic) bond motifs is 2. The summed E-state index contributed by atoms with van der Waals surface area (Å²) in [6, 6.07) is 16.7. The molecule has 0 atom stereocenters. The van der Waals surface area contributed by atoms with Gasteiger partial charge in [0.05, 0.1) is 22.1 Å². The zero-order valence-electron chi connectivity index (χ0n) is 29.8. The molecule has 4 aliphatic rings. The first-order valence-electron chi connectivity index (χ1n) is 16.2. The molecule has 0 aliphatic heterocycles. The Morgan fingerprint density at radius 1 is 0.532 bits per heavy atom. The Hall–Kier alpha value is -0.542. The van der Waals surface area contributed by atoms with Gasteiger partial charge >= 0.3 is 34.1 Å². The molecular weight excluding hydrogens is 748 g/mol. The number of para-hydroxylation sites is 4. The van der Waals surface area contributed by atoms with Crippen molar-refractivity contribution in [3.05, 3.63) is 89.9 Å². The smallest absolute Gasteiger partial charge is 0.358 e. The van der Waals surface area contributed by atoms with Gasteiger partial charge in [0.1, 0.15) is 11.6 Å². The van der Waals surface area contributed by atoms with Gasteiger partial charge in [0, 0.05) is 53.0 Å². The van der Waals surface area contributed by atoms with Gasteiger partial charge in [0.2, 0.25) is 0 Å². The third-order valence-corrected chi connectivity index (χ3v) is 9.19. The maximum absolute atomic E-state index is 4.76. The van der Waals surface area contributed by atoms with Crippen LogP contribution in [0.1, 0.15) is 139 Å². The summed E-state index contributed by atoms with van der Waals surface area (Å²) in [6.45, 7) is 0. The number of aromatic amines is 1. The number of nitrogens with zero attached hydrogens (tertiary/aromatic N) is 3. The van der Waals surface area contributed by atoms with Crippen molar-refractivity contribution in [1.29, 1.82) is 0 Å². The minimum Gasteiger partial charge on any atom is -0.358 e. The Morgan fingerprint density at radius 3 is 1.38 bits per heavy atom. The van der Waals surface area contributed by atoms with E-state index in [1.54, 1.807) is 0 Å². The van der Waals surface area contributed by atoms with Crippen LogP contribution in [-0.4, -0.2) is 19.5 Å². The number of H-pyrrole nitrogens is 1. The fraction of sp³-hybridized carbons (Fsp3) is 0.538. The Balaban J connectivity index is -0.000000270. The first-order valence-corrected chi connectivity index (χ1v) is 16.2. The van der Waals surface area contributed by atoms with Crippen LogP contribution in [0.25, 0.3) is 22.1 Å². The van der Waals surface area contributed by atoms with E-state index >= 15 is 0 Å². The summed E-state index contributed by atoms with van der Waals surface area (Å²) in [4.78, 5) is 12.8. The zero-order valence-corrected chi connectivity index (χ0v) is 34.2. The summed E-state index contributed by atoms with van der Waals surface area (Å²) in [5.41, 5.74) is 4.69. The third kappa shape index (κ3) is 15.9. The van der Waals surface area contributed by atoms with Crippen LogP contribution in [0.3, 0.4) is 0 Å². The van der Waals surface area contributed by atoms with Crippen molar-refractivity contribution in [2.45, 2.75) is 127 Å². The van der Waals surface area contributed by atoms with E-state index in [-0.39, 0.29) is 98.0 Å². The Kier molecular flexibility index (Phi) is 33.1. The Bertz CT molecular complexity index is 1210. The van der Waals surface area contributed by atoms with E-state index in [0.29, 0.717) is 11.8 Å². The van der Waals surface area contributed by atoms with E-state index in [9.17, 15) is 0 Å². The molecule has 270 valence electrons. The molecule has 2 aromatic heterocycles. The molecule has 4 saturated carbocycles. The largest absolute Gasteiger partial charge is 2.00 e. The molecule has 1 N–H and O–H groups in total. The van der Waals surface area contributed by atoms with Crippen LogP contribution in [0, 0.1) is 29.7 Å². The van der Waals surface area contributed by atoms with Gasteiger partial charge in [0.25, 0.3) is 0 Å². The molecule has 0 radical (unpaired) electrons. The van der Waals surface area contributed by atoms with Gasteiger partial charge in [0.15, 0.2) is 0 Å². The fourth-order valence-corrected chi connectivity index (χ4v) is 6.85. The second-order valence-corrected chi connectivity index (χ2v) is 12.2. The molecule has 0 amide bonds. The van der Waals surface area contributed by atoms with Crippen LogP contribution in [-0.2, 0) is 75.3 Å². The summed E-state index contributed by atoms with van der Waals surface area (Å²) in [5, 5.41) is 0. The summed E-state index contributed by atoms with van der Waals surface area (Å²) >= 11 is 0. The molecule has 47 heavy (non-hydrogen) atoms. The molecule has 0 saturated heterocycles. The quantitative estimate of drug-likeness (QED) is 0.162. The number of aryl methyl sites for hydroxylation is 1.